The fraction of sp³-hybridized carbons (Fsp3) is 0.538. The zero-order chi connectivity index (χ0) is 12.3. The number of benzene rings is 1. The van der Waals surface area contributed by atoms with E-state index < -0.39 is 0 Å². The summed E-state index contributed by atoms with van der Waals surface area (Å²) in [6, 6.07) is 4.49. The maximum Gasteiger partial charge on any atom is 0.123 e. The van der Waals surface area contributed by atoms with Crippen LogP contribution in [0.5, 0.6) is 0 Å². The number of hydrogen-bond acceptors (Lipinski definition) is 3. The van der Waals surface area contributed by atoms with Crippen LogP contribution in [0.2, 0.25) is 0 Å². The molecule has 94 valence electrons. The lowest BCUT2D eigenvalue weighted by Crippen LogP contribution is -2.36. The van der Waals surface area contributed by atoms with Crippen molar-refractivity contribution in [2.24, 2.45) is 5.92 Å². The van der Waals surface area contributed by atoms with Crippen LogP contribution in [0.1, 0.15) is 18.4 Å². The molecule has 2 rings (SSSR count). The number of aliphatic hydroxyl groups excluding tert-OH is 1. The van der Waals surface area contributed by atoms with Gasteiger partial charge in [0.1, 0.15) is 5.82 Å². The number of aliphatic hydroxyl groups is 1. The van der Waals surface area contributed by atoms with Gasteiger partial charge in [-0.05, 0) is 49.1 Å². The number of halogens is 1. The number of nitrogens with zero attached hydrogens (tertiary/aromatic N) is 1. The summed E-state index contributed by atoms with van der Waals surface area (Å²) >= 11 is 0. The van der Waals surface area contributed by atoms with Crippen LogP contribution in [0.25, 0.3) is 0 Å². The number of piperidine rings is 1. The predicted molar refractivity (Wildman–Crippen MR) is 65.9 cm³/mol. The molecule has 1 aliphatic heterocycles. The predicted octanol–water partition coefficient (Wildman–Crippen LogP) is 1.61. The minimum atomic E-state index is -0.245. The van der Waals surface area contributed by atoms with Gasteiger partial charge in [-0.1, -0.05) is 0 Å². The van der Waals surface area contributed by atoms with Gasteiger partial charge < -0.3 is 10.8 Å². The van der Waals surface area contributed by atoms with Crippen molar-refractivity contribution in [3.63, 3.8) is 0 Å². The van der Waals surface area contributed by atoms with Crippen molar-refractivity contribution >= 4 is 5.69 Å². The summed E-state index contributed by atoms with van der Waals surface area (Å²) in [5.74, 6) is 0.100. The van der Waals surface area contributed by atoms with Gasteiger partial charge in [0.25, 0.3) is 0 Å². The second-order valence-electron chi connectivity index (χ2n) is 4.77. The second kappa shape index (κ2) is 5.47. The Kier molecular flexibility index (Phi) is 3.97. The van der Waals surface area contributed by atoms with Gasteiger partial charge in [-0.15, -0.1) is 0 Å². The molecule has 1 aromatic carbocycles. The van der Waals surface area contributed by atoms with Crippen molar-refractivity contribution in [2.75, 3.05) is 25.4 Å². The molecular weight excluding hydrogens is 219 g/mol. The third-order valence-corrected chi connectivity index (χ3v) is 3.36. The van der Waals surface area contributed by atoms with Gasteiger partial charge in [-0.2, -0.15) is 0 Å². The van der Waals surface area contributed by atoms with Gasteiger partial charge in [-0.3, -0.25) is 4.90 Å². The van der Waals surface area contributed by atoms with E-state index in [1.54, 1.807) is 6.07 Å². The molecule has 1 aliphatic rings. The first-order valence-electron chi connectivity index (χ1n) is 6.06. The maximum absolute atomic E-state index is 13.1. The first kappa shape index (κ1) is 12.3. The number of likely N-dealkylation sites (tertiary alicyclic amines) is 1. The molecule has 1 atom stereocenters. The smallest absolute Gasteiger partial charge is 0.123 e. The SMILES string of the molecule is Nc1ccc(F)cc1CN1CCCC(CO)C1. The van der Waals surface area contributed by atoms with E-state index in [1.165, 1.54) is 12.1 Å². The number of nitrogens with two attached hydrogens (primary N) is 1. The first-order chi connectivity index (χ1) is 8.19. The molecule has 3 nitrogen and oxygen atoms in total. The lowest BCUT2D eigenvalue weighted by Gasteiger charge is -2.32. The third-order valence-electron chi connectivity index (χ3n) is 3.36. The van der Waals surface area contributed by atoms with Crippen molar-refractivity contribution in [1.29, 1.82) is 0 Å². The van der Waals surface area contributed by atoms with Crippen molar-refractivity contribution in [1.82, 2.24) is 4.90 Å². The van der Waals surface area contributed by atoms with Crippen LogP contribution >= 0.6 is 0 Å². The summed E-state index contributed by atoms with van der Waals surface area (Å²) in [7, 11) is 0. The normalized spacial score (nSPS) is 21.6. The number of rotatable bonds is 3. The number of anilines is 1. The zero-order valence-corrected chi connectivity index (χ0v) is 9.90. The van der Waals surface area contributed by atoms with Crippen LogP contribution in [0.3, 0.4) is 0 Å². The van der Waals surface area contributed by atoms with Gasteiger partial charge in [0.15, 0.2) is 0 Å². The van der Waals surface area contributed by atoms with Crippen LogP contribution < -0.4 is 5.73 Å². The highest BCUT2D eigenvalue weighted by atomic mass is 19.1. The number of nitrogen functional groups attached to an aromatic ring is 1. The van der Waals surface area contributed by atoms with Crippen molar-refractivity contribution in [2.45, 2.75) is 19.4 Å². The highest BCUT2D eigenvalue weighted by Crippen LogP contribution is 2.21. The molecule has 0 radical (unpaired) electrons. The standard InChI is InChI=1S/C13H19FN2O/c14-12-3-4-13(15)11(6-12)8-16-5-1-2-10(7-16)9-17/h3-4,6,10,17H,1-2,5,7-9,15H2. The molecule has 0 amide bonds. The molecule has 0 saturated carbocycles. The Balaban J connectivity index is 2.02. The molecular formula is C13H19FN2O. The Morgan fingerprint density at radius 3 is 3.06 bits per heavy atom. The van der Waals surface area contributed by atoms with Crippen LogP contribution in [-0.4, -0.2) is 29.7 Å². The van der Waals surface area contributed by atoms with Crippen LogP contribution in [0.4, 0.5) is 10.1 Å². The minimum absolute atomic E-state index is 0.231. The van der Waals surface area contributed by atoms with Crippen molar-refractivity contribution in [3.05, 3.63) is 29.6 Å². The van der Waals surface area contributed by atoms with E-state index in [9.17, 15) is 4.39 Å². The van der Waals surface area contributed by atoms with E-state index in [-0.39, 0.29) is 12.4 Å². The highest BCUT2D eigenvalue weighted by Gasteiger charge is 2.19. The maximum atomic E-state index is 13.1. The lowest BCUT2D eigenvalue weighted by molar-refractivity contribution is 0.116. The molecule has 1 saturated heterocycles. The zero-order valence-electron chi connectivity index (χ0n) is 9.90. The van der Waals surface area contributed by atoms with Gasteiger partial charge in [-0.25, -0.2) is 4.39 Å². The highest BCUT2D eigenvalue weighted by molar-refractivity contribution is 5.46. The van der Waals surface area contributed by atoms with E-state index in [0.29, 0.717) is 18.2 Å². The fourth-order valence-corrected chi connectivity index (χ4v) is 2.40. The van der Waals surface area contributed by atoms with E-state index in [4.69, 9.17) is 10.8 Å². The average molecular weight is 238 g/mol. The largest absolute Gasteiger partial charge is 0.398 e. The molecule has 4 heteroatoms. The summed E-state index contributed by atoms with van der Waals surface area (Å²) in [4.78, 5) is 2.23. The third kappa shape index (κ3) is 3.17. The Morgan fingerprint density at radius 1 is 1.47 bits per heavy atom. The molecule has 3 N–H and O–H groups in total. The molecule has 17 heavy (non-hydrogen) atoms. The van der Waals surface area contributed by atoms with E-state index in [0.717, 1.165) is 31.5 Å². The number of hydrogen-bond donors (Lipinski definition) is 2. The molecule has 0 aromatic heterocycles. The van der Waals surface area contributed by atoms with E-state index >= 15 is 0 Å². The molecule has 0 spiro atoms. The molecule has 0 aliphatic carbocycles. The van der Waals surface area contributed by atoms with Gasteiger partial charge in [0.05, 0.1) is 0 Å². The average Bonchev–Trinajstić information content (AvgIpc) is 2.34. The summed E-state index contributed by atoms with van der Waals surface area (Å²) < 4.78 is 13.1. The van der Waals surface area contributed by atoms with Crippen LogP contribution in [0.15, 0.2) is 18.2 Å². The molecule has 1 aromatic rings. The van der Waals surface area contributed by atoms with Crippen molar-refractivity contribution < 1.29 is 9.50 Å². The van der Waals surface area contributed by atoms with Crippen LogP contribution in [0, 0.1) is 11.7 Å². The molecule has 1 unspecified atom stereocenters. The lowest BCUT2D eigenvalue weighted by atomic mass is 9.98. The summed E-state index contributed by atoms with van der Waals surface area (Å²) in [5.41, 5.74) is 7.30. The summed E-state index contributed by atoms with van der Waals surface area (Å²) in [5, 5.41) is 9.16. The van der Waals surface area contributed by atoms with Gasteiger partial charge in [0.2, 0.25) is 0 Å². The Hall–Kier alpha value is -1.13. The first-order valence-corrected chi connectivity index (χ1v) is 6.06. The molecule has 1 heterocycles. The van der Waals surface area contributed by atoms with Gasteiger partial charge >= 0.3 is 0 Å². The quantitative estimate of drug-likeness (QED) is 0.787. The second-order valence-corrected chi connectivity index (χ2v) is 4.77. The topological polar surface area (TPSA) is 49.5 Å². The Morgan fingerprint density at radius 2 is 2.29 bits per heavy atom. The minimum Gasteiger partial charge on any atom is -0.398 e. The van der Waals surface area contributed by atoms with E-state index in [2.05, 4.69) is 4.90 Å². The van der Waals surface area contributed by atoms with E-state index in [1.807, 2.05) is 0 Å². The monoisotopic (exact) mass is 238 g/mol. The summed E-state index contributed by atoms with van der Waals surface area (Å²) in [6.07, 6.45) is 2.16. The van der Waals surface area contributed by atoms with Crippen molar-refractivity contribution in [3.8, 4) is 0 Å². The Bertz CT molecular complexity index is 384. The molecule has 0 bridgehead atoms. The Labute approximate surface area is 101 Å². The van der Waals surface area contributed by atoms with Crippen LogP contribution in [-0.2, 0) is 6.54 Å². The molecule has 1 fully saturated rings. The van der Waals surface area contributed by atoms with Gasteiger partial charge in [0, 0.05) is 25.4 Å². The summed E-state index contributed by atoms with van der Waals surface area (Å²) in [6.45, 7) is 2.76. The fourth-order valence-electron chi connectivity index (χ4n) is 2.40.